The smallest absolute Gasteiger partial charge is 0.267 e. The minimum absolute atomic E-state index is 0.276. The molecule has 1 amide bonds. The number of benzene rings is 1. The first-order valence-electron chi connectivity index (χ1n) is 7.18. The first-order valence-corrected chi connectivity index (χ1v) is 7.18. The van der Waals surface area contributed by atoms with E-state index >= 15 is 0 Å². The number of anilines is 2. The van der Waals surface area contributed by atoms with Gasteiger partial charge in [-0.15, -0.1) is 0 Å². The Hall–Kier alpha value is -2.76. The number of hydrogen-bond donors (Lipinski definition) is 2. The van der Waals surface area contributed by atoms with Crippen molar-refractivity contribution in [2.75, 3.05) is 36.0 Å². The van der Waals surface area contributed by atoms with Gasteiger partial charge in [-0.3, -0.25) is 9.78 Å². The number of amides is 1. The summed E-state index contributed by atoms with van der Waals surface area (Å²) < 4.78 is 0. The maximum absolute atomic E-state index is 11.2. The molecule has 1 fully saturated rings. The van der Waals surface area contributed by atoms with Crippen LogP contribution in [-0.4, -0.2) is 42.2 Å². The third kappa shape index (κ3) is 2.95. The molecule has 1 aliphatic rings. The van der Waals surface area contributed by atoms with E-state index < -0.39 is 5.91 Å². The third-order valence-corrected chi connectivity index (χ3v) is 3.86. The van der Waals surface area contributed by atoms with Crippen molar-refractivity contribution < 1.29 is 9.90 Å². The lowest BCUT2D eigenvalue weighted by Crippen LogP contribution is -2.46. The Morgan fingerprint density at radius 2 is 1.59 bits per heavy atom. The molecular formula is C16H18N4O2. The Balaban J connectivity index is 1.67. The number of aromatic hydroxyl groups is 1. The van der Waals surface area contributed by atoms with Crippen LogP contribution < -0.4 is 15.5 Å². The van der Waals surface area contributed by atoms with Crippen LogP contribution in [0.3, 0.4) is 0 Å². The summed E-state index contributed by atoms with van der Waals surface area (Å²) in [6.07, 6.45) is 1.61. The summed E-state index contributed by atoms with van der Waals surface area (Å²) >= 11 is 0. The maximum Gasteiger partial charge on any atom is 0.267 e. The highest BCUT2D eigenvalue weighted by molar-refractivity contribution is 5.91. The summed E-state index contributed by atoms with van der Waals surface area (Å²) in [5.41, 5.74) is 7.63. The maximum atomic E-state index is 11.2. The van der Waals surface area contributed by atoms with Gasteiger partial charge < -0.3 is 20.6 Å². The van der Waals surface area contributed by atoms with Gasteiger partial charge in [0, 0.05) is 43.8 Å². The van der Waals surface area contributed by atoms with Crippen molar-refractivity contribution in [1.29, 1.82) is 0 Å². The second kappa shape index (κ2) is 5.93. The van der Waals surface area contributed by atoms with Gasteiger partial charge in [0.05, 0.1) is 0 Å². The van der Waals surface area contributed by atoms with E-state index in [1.807, 2.05) is 18.2 Å². The molecule has 0 unspecified atom stereocenters. The number of phenolic OH excluding ortho intramolecular Hbond substituents is 1. The van der Waals surface area contributed by atoms with Gasteiger partial charge in [0.25, 0.3) is 5.91 Å². The van der Waals surface area contributed by atoms with Gasteiger partial charge >= 0.3 is 0 Å². The fourth-order valence-corrected chi connectivity index (χ4v) is 2.64. The first kappa shape index (κ1) is 14.2. The topological polar surface area (TPSA) is 82.7 Å². The molecular weight excluding hydrogens is 280 g/mol. The molecule has 1 aliphatic heterocycles. The number of aromatic nitrogens is 1. The van der Waals surface area contributed by atoms with Crippen LogP contribution in [0.5, 0.6) is 5.75 Å². The number of primary amides is 1. The molecule has 2 heterocycles. The van der Waals surface area contributed by atoms with Gasteiger partial charge in [-0.2, -0.15) is 0 Å². The molecule has 6 nitrogen and oxygen atoms in total. The summed E-state index contributed by atoms with van der Waals surface area (Å²) in [5, 5.41) is 9.35. The molecule has 114 valence electrons. The average molecular weight is 298 g/mol. The standard InChI is InChI=1S/C16H18N4O2/c17-16(22)15-11-13(5-6-18-15)20-9-7-19(8-10-20)12-1-3-14(21)4-2-12/h1-6,11,21H,7-10H2,(H2,17,22). The number of nitrogens with zero attached hydrogens (tertiary/aromatic N) is 3. The lowest BCUT2D eigenvalue weighted by atomic mass is 10.2. The summed E-state index contributed by atoms with van der Waals surface area (Å²) in [4.78, 5) is 19.7. The van der Waals surface area contributed by atoms with Crippen molar-refractivity contribution >= 4 is 17.3 Å². The van der Waals surface area contributed by atoms with Crippen LogP contribution in [0.4, 0.5) is 11.4 Å². The molecule has 3 rings (SSSR count). The number of carbonyl (C=O) groups excluding carboxylic acids is 1. The molecule has 6 heteroatoms. The minimum atomic E-state index is -0.510. The van der Waals surface area contributed by atoms with Crippen molar-refractivity contribution in [3.05, 3.63) is 48.3 Å². The van der Waals surface area contributed by atoms with Crippen molar-refractivity contribution in [2.45, 2.75) is 0 Å². The molecule has 0 saturated carbocycles. The minimum Gasteiger partial charge on any atom is -0.508 e. The monoisotopic (exact) mass is 298 g/mol. The molecule has 2 aromatic rings. The molecule has 3 N–H and O–H groups in total. The largest absolute Gasteiger partial charge is 0.508 e. The van der Waals surface area contributed by atoms with Crippen molar-refractivity contribution in [3.63, 3.8) is 0 Å². The van der Waals surface area contributed by atoms with Gasteiger partial charge in [0.15, 0.2) is 0 Å². The highest BCUT2D eigenvalue weighted by Crippen LogP contribution is 2.22. The Morgan fingerprint density at radius 3 is 2.18 bits per heavy atom. The number of carbonyl (C=O) groups is 1. The highest BCUT2D eigenvalue weighted by atomic mass is 16.3. The number of hydrogen-bond acceptors (Lipinski definition) is 5. The van der Waals surface area contributed by atoms with E-state index in [0.29, 0.717) is 5.69 Å². The second-order valence-electron chi connectivity index (χ2n) is 5.25. The Labute approximate surface area is 128 Å². The van der Waals surface area contributed by atoms with E-state index in [1.54, 1.807) is 24.4 Å². The molecule has 0 atom stereocenters. The lowest BCUT2D eigenvalue weighted by Gasteiger charge is -2.37. The van der Waals surface area contributed by atoms with Crippen LogP contribution in [0.25, 0.3) is 0 Å². The van der Waals surface area contributed by atoms with Crippen LogP contribution in [-0.2, 0) is 0 Å². The summed E-state index contributed by atoms with van der Waals surface area (Å²) in [5.74, 6) is -0.234. The fourth-order valence-electron chi connectivity index (χ4n) is 2.64. The molecule has 0 aliphatic carbocycles. The summed E-state index contributed by atoms with van der Waals surface area (Å²) in [6, 6.07) is 10.9. The number of phenols is 1. The average Bonchev–Trinajstić information content (AvgIpc) is 2.56. The zero-order chi connectivity index (χ0) is 15.5. The van der Waals surface area contributed by atoms with Crippen molar-refractivity contribution in [3.8, 4) is 5.75 Å². The molecule has 0 spiro atoms. The van der Waals surface area contributed by atoms with Gasteiger partial charge in [-0.25, -0.2) is 0 Å². The Bertz CT molecular complexity index is 664. The van der Waals surface area contributed by atoms with Crippen molar-refractivity contribution in [2.24, 2.45) is 5.73 Å². The van der Waals surface area contributed by atoms with Crippen LogP contribution in [0, 0.1) is 0 Å². The molecule has 1 aromatic heterocycles. The highest BCUT2D eigenvalue weighted by Gasteiger charge is 2.18. The summed E-state index contributed by atoms with van der Waals surface area (Å²) in [6.45, 7) is 3.45. The summed E-state index contributed by atoms with van der Waals surface area (Å²) in [7, 11) is 0. The predicted octanol–water partition coefficient (Wildman–Crippen LogP) is 1.21. The van der Waals surface area contributed by atoms with Gasteiger partial charge in [-0.05, 0) is 36.4 Å². The molecule has 1 aromatic carbocycles. The van der Waals surface area contributed by atoms with Crippen molar-refractivity contribution in [1.82, 2.24) is 4.98 Å². The van der Waals surface area contributed by atoms with Crippen LogP contribution in [0.15, 0.2) is 42.6 Å². The Kier molecular flexibility index (Phi) is 3.82. The van der Waals surface area contributed by atoms with Gasteiger partial charge in [-0.1, -0.05) is 0 Å². The quantitative estimate of drug-likeness (QED) is 0.890. The van der Waals surface area contributed by atoms with E-state index in [1.165, 1.54) is 0 Å². The number of nitrogens with two attached hydrogens (primary N) is 1. The lowest BCUT2D eigenvalue weighted by molar-refractivity contribution is 0.0995. The van der Waals surface area contributed by atoms with Crippen LogP contribution in [0.2, 0.25) is 0 Å². The van der Waals surface area contributed by atoms with Gasteiger partial charge in [0.2, 0.25) is 0 Å². The predicted molar refractivity (Wildman–Crippen MR) is 85.3 cm³/mol. The Morgan fingerprint density at radius 1 is 1.00 bits per heavy atom. The zero-order valence-corrected chi connectivity index (χ0v) is 12.1. The first-order chi connectivity index (χ1) is 10.6. The van der Waals surface area contributed by atoms with Crippen LogP contribution >= 0.6 is 0 Å². The van der Waals surface area contributed by atoms with E-state index in [9.17, 15) is 9.90 Å². The molecule has 0 radical (unpaired) electrons. The van der Waals surface area contributed by atoms with E-state index in [-0.39, 0.29) is 5.75 Å². The fraction of sp³-hybridized carbons (Fsp3) is 0.250. The second-order valence-corrected chi connectivity index (χ2v) is 5.25. The van der Waals surface area contributed by atoms with Gasteiger partial charge in [0.1, 0.15) is 11.4 Å². The normalized spacial score (nSPS) is 14.9. The molecule has 22 heavy (non-hydrogen) atoms. The molecule has 0 bridgehead atoms. The molecule has 1 saturated heterocycles. The SMILES string of the molecule is NC(=O)c1cc(N2CCN(c3ccc(O)cc3)CC2)ccn1. The zero-order valence-electron chi connectivity index (χ0n) is 12.1. The number of pyridine rings is 1. The van der Waals surface area contributed by atoms with E-state index in [2.05, 4.69) is 14.8 Å². The third-order valence-electron chi connectivity index (χ3n) is 3.86. The number of rotatable bonds is 3. The van der Waals surface area contributed by atoms with E-state index in [4.69, 9.17) is 5.73 Å². The van der Waals surface area contributed by atoms with E-state index in [0.717, 1.165) is 37.6 Å². The van der Waals surface area contributed by atoms with Crippen LogP contribution in [0.1, 0.15) is 10.5 Å². The number of piperazine rings is 1.